The van der Waals surface area contributed by atoms with Crippen LogP contribution in [0, 0.1) is 0 Å². The third-order valence-electron chi connectivity index (χ3n) is 5.48. The van der Waals surface area contributed by atoms with Crippen LogP contribution in [0.15, 0.2) is 59.6 Å². The third kappa shape index (κ3) is 10.2. The largest absolute Gasteiger partial charge is 0.370 e. The first-order valence-corrected chi connectivity index (χ1v) is 12.3. The second-order valence-corrected chi connectivity index (χ2v) is 8.94. The van der Waals surface area contributed by atoms with E-state index in [4.69, 9.17) is 11.5 Å². The highest BCUT2D eigenvalue weighted by Gasteiger charge is 2.26. The van der Waals surface area contributed by atoms with Gasteiger partial charge in [0, 0.05) is 19.1 Å². The van der Waals surface area contributed by atoms with Crippen molar-refractivity contribution in [3.05, 3.63) is 60.2 Å². The lowest BCUT2D eigenvalue weighted by atomic mass is 9.99. The zero-order valence-electron chi connectivity index (χ0n) is 21.1. The maximum Gasteiger partial charge on any atom is 0.242 e. The molecule has 2 amide bonds. The topological polar surface area (TPSA) is 135 Å². The first kappa shape index (κ1) is 27.9. The van der Waals surface area contributed by atoms with Crippen LogP contribution in [-0.4, -0.2) is 49.0 Å². The van der Waals surface area contributed by atoms with Gasteiger partial charge in [-0.1, -0.05) is 75.4 Å². The van der Waals surface area contributed by atoms with E-state index < -0.39 is 12.1 Å². The van der Waals surface area contributed by atoms with Crippen molar-refractivity contribution in [2.24, 2.45) is 16.5 Å². The molecule has 0 saturated carbocycles. The lowest BCUT2D eigenvalue weighted by Gasteiger charge is -2.24. The molecule has 190 valence electrons. The lowest BCUT2D eigenvalue weighted by Crippen LogP contribution is -2.54. The number of carbonyl (C=O) groups excluding carboxylic acids is 2. The normalized spacial score (nSPS) is 12.6. The van der Waals surface area contributed by atoms with Crippen LogP contribution < -0.4 is 27.4 Å². The summed E-state index contributed by atoms with van der Waals surface area (Å²) in [7, 11) is 0. The number of nitrogens with zero attached hydrogens (tertiary/aromatic N) is 1. The third-order valence-corrected chi connectivity index (χ3v) is 5.48. The van der Waals surface area contributed by atoms with Gasteiger partial charge in [0.1, 0.15) is 6.04 Å². The van der Waals surface area contributed by atoms with Gasteiger partial charge in [0.15, 0.2) is 5.96 Å². The van der Waals surface area contributed by atoms with Crippen molar-refractivity contribution in [3.8, 4) is 11.1 Å². The van der Waals surface area contributed by atoms with Crippen LogP contribution in [0.3, 0.4) is 0 Å². The number of nitrogens with two attached hydrogens (primary N) is 2. The molecule has 8 nitrogen and oxygen atoms in total. The number of hydrogen-bond donors (Lipinski definition) is 5. The predicted molar refractivity (Wildman–Crippen MR) is 143 cm³/mol. The van der Waals surface area contributed by atoms with Gasteiger partial charge in [-0.25, -0.2) is 0 Å². The monoisotopic (exact) mass is 480 g/mol. The average molecular weight is 481 g/mol. The van der Waals surface area contributed by atoms with Crippen LogP contribution in [-0.2, 0) is 16.0 Å². The Labute approximate surface area is 209 Å². The van der Waals surface area contributed by atoms with Crippen LogP contribution in [0.25, 0.3) is 11.1 Å². The molecule has 0 spiro atoms. The molecule has 0 radical (unpaired) electrons. The van der Waals surface area contributed by atoms with Crippen molar-refractivity contribution in [2.75, 3.05) is 13.1 Å². The molecule has 0 aliphatic rings. The first-order valence-electron chi connectivity index (χ1n) is 12.3. The standard InChI is InChI=1S/C27H40N6O2/c1-4-16-30-25(34)23(11-8-17-31-27(28)29)33-26(35)24(32-19(2)3)18-20-12-14-22(15-13-20)21-9-6-5-7-10-21/h5-7,9-10,12-15,19,23-24,32H,4,8,11,16-18H2,1-3H3,(H,30,34)(H,33,35)(H4,28,29,31). The lowest BCUT2D eigenvalue weighted by molar-refractivity contribution is -0.130. The smallest absolute Gasteiger partial charge is 0.242 e. The van der Waals surface area contributed by atoms with Gasteiger partial charge in [-0.05, 0) is 42.4 Å². The van der Waals surface area contributed by atoms with E-state index in [1.807, 2.05) is 51.1 Å². The molecule has 0 heterocycles. The second kappa shape index (κ2) is 14.8. The molecule has 0 aliphatic heterocycles. The van der Waals surface area contributed by atoms with E-state index in [2.05, 4.69) is 45.2 Å². The van der Waals surface area contributed by atoms with E-state index in [0.29, 0.717) is 32.4 Å². The number of aliphatic imine (C=N–C) groups is 1. The summed E-state index contributed by atoms with van der Waals surface area (Å²) >= 11 is 0. The fourth-order valence-electron chi connectivity index (χ4n) is 3.75. The summed E-state index contributed by atoms with van der Waals surface area (Å²) in [5, 5.41) is 9.18. The summed E-state index contributed by atoms with van der Waals surface area (Å²) in [4.78, 5) is 30.0. The Morgan fingerprint density at radius 1 is 0.914 bits per heavy atom. The number of carbonyl (C=O) groups is 2. The number of nitrogens with one attached hydrogen (secondary N) is 3. The van der Waals surface area contributed by atoms with Gasteiger partial charge >= 0.3 is 0 Å². The van der Waals surface area contributed by atoms with E-state index in [0.717, 1.165) is 23.1 Å². The number of hydrogen-bond acceptors (Lipinski definition) is 4. The molecule has 2 atom stereocenters. The van der Waals surface area contributed by atoms with E-state index in [1.165, 1.54) is 0 Å². The van der Waals surface area contributed by atoms with Crippen LogP contribution in [0.5, 0.6) is 0 Å². The van der Waals surface area contributed by atoms with E-state index in [9.17, 15) is 9.59 Å². The first-order chi connectivity index (χ1) is 16.8. The van der Waals surface area contributed by atoms with E-state index >= 15 is 0 Å². The fourth-order valence-corrected chi connectivity index (χ4v) is 3.75. The van der Waals surface area contributed by atoms with Gasteiger partial charge in [0.05, 0.1) is 6.04 Å². The molecule has 8 heteroatoms. The molecule has 0 aliphatic carbocycles. The Morgan fingerprint density at radius 3 is 2.17 bits per heavy atom. The molecule has 0 fully saturated rings. The molecule has 0 saturated heterocycles. The second-order valence-electron chi connectivity index (χ2n) is 8.94. The van der Waals surface area contributed by atoms with Crippen molar-refractivity contribution >= 4 is 17.8 Å². The summed E-state index contributed by atoms with van der Waals surface area (Å²) in [6.07, 6.45) is 2.34. The molecule has 2 rings (SSSR count). The minimum Gasteiger partial charge on any atom is -0.370 e. The Balaban J connectivity index is 2.10. The SMILES string of the molecule is CCCNC(=O)C(CCCN=C(N)N)NC(=O)C(Cc1ccc(-c2ccccc2)cc1)NC(C)C. The predicted octanol–water partition coefficient (Wildman–Crippen LogP) is 2.33. The molecule has 2 aromatic carbocycles. The maximum atomic E-state index is 13.3. The zero-order chi connectivity index (χ0) is 25.6. The summed E-state index contributed by atoms with van der Waals surface area (Å²) in [5.41, 5.74) is 14.1. The molecule has 7 N–H and O–H groups in total. The molecule has 2 aromatic rings. The van der Waals surface area contributed by atoms with Crippen LogP contribution in [0.4, 0.5) is 0 Å². The van der Waals surface area contributed by atoms with Crippen LogP contribution in [0.2, 0.25) is 0 Å². The highest BCUT2D eigenvalue weighted by molar-refractivity contribution is 5.90. The number of rotatable bonds is 14. The highest BCUT2D eigenvalue weighted by atomic mass is 16.2. The number of amides is 2. The van der Waals surface area contributed by atoms with Gasteiger partial charge in [-0.2, -0.15) is 0 Å². The Kier molecular flexibility index (Phi) is 11.8. The van der Waals surface area contributed by atoms with Gasteiger partial charge in [0.25, 0.3) is 0 Å². The van der Waals surface area contributed by atoms with Gasteiger partial charge in [-0.15, -0.1) is 0 Å². The number of benzene rings is 2. The van der Waals surface area contributed by atoms with Crippen molar-refractivity contribution in [1.82, 2.24) is 16.0 Å². The molecule has 2 unspecified atom stereocenters. The zero-order valence-corrected chi connectivity index (χ0v) is 21.1. The number of guanidine groups is 1. The van der Waals surface area contributed by atoms with Crippen LogP contribution >= 0.6 is 0 Å². The summed E-state index contributed by atoms with van der Waals surface area (Å²) in [6, 6.07) is 17.4. The Bertz CT molecular complexity index is 940. The molecular weight excluding hydrogens is 440 g/mol. The van der Waals surface area contributed by atoms with E-state index in [1.54, 1.807) is 0 Å². The fraction of sp³-hybridized carbons (Fsp3) is 0.444. The summed E-state index contributed by atoms with van der Waals surface area (Å²) in [5.74, 6) is -0.384. The van der Waals surface area contributed by atoms with Crippen molar-refractivity contribution < 1.29 is 9.59 Å². The Morgan fingerprint density at radius 2 is 1.57 bits per heavy atom. The minimum atomic E-state index is -0.653. The summed E-state index contributed by atoms with van der Waals surface area (Å²) < 4.78 is 0. The summed E-state index contributed by atoms with van der Waals surface area (Å²) in [6.45, 7) is 6.94. The molecule has 0 aromatic heterocycles. The van der Waals surface area contributed by atoms with Crippen molar-refractivity contribution in [3.63, 3.8) is 0 Å². The van der Waals surface area contributed by atoms with Crippen molar-refractivity contribution in [2.45, 2.75) is 64.6 Å². The maximum absolute atomic E-state index is 13.3. The van der Waals surface area contributed by atoms with Gasteiger partial charge < -0.3 is 27.4 Å². The Hall–Kier alpha value is -3.39. The van der Waals surface area contributed by atoms with E-state index in [-0.39, 0.29) is 23.8 Å². The quantitative estimate of drug-likeness (QED) is 0.161. The molecule has 0 bridgehead atoms. The van der Waals surface area contributed by atoms with Crippen LogP contribution in [0.1, 0.15) is 45.6 Å². The van der Waals surface area contributed by atoms with Gasteiger partial charge in [-0.3, -0.25) is 14.6 Å². The highest BCUT2D eigenvalue weighted by Crippen LogP contribution is 2.20. The van der Waals surface area contributed by atoms with Crippen molar-refractivity contribution in [1.29, 1.82) is 0 Å². The molecule has 35 heavy (non-hydrogen) atoms. The molecular formula is C27H40N6O2. The average Bonchev–Trinajstić information content (AvgIpc) is 2.84. The van der Waals surface area contributed by atoms with Gasteiger partial charge in [0.2, 0.25) is 11.8 Å². The minimum absolute atomic E-state index is 0.0144.